The molecule has 1 heterocycles. The quantitative estimate of drug-likeness (QED) is 0.793. The second-order valence-corrected chi connectivity index (χ2v) is 4.04. The summed E-state index contributed by atoms with van der Waals surface area (Å²) in [6.07, 6.45) is 0. The van der Waals surface area contributed by atoms with Crippen molar-refractivity contribution in [1.82, 2.24) is 0 Å². The Morgan fingerprint density at radius 3 is 2.67 bits per heavy atom. The minimum absolute atomic E-state index is 0.358. The van der Waals surface area contributed by atoms with Crippen LogP contribution in [0.4, 0.5) is 5.69 Å². The monoisotopic (exact) mass is 269 g/mol. The van der Waals surface area contributed by atoms with Crippen LogP contribution in [-0.4, -0.2) is 18.8 Å². The van der Waals surface area contributed by atoms with E-state index in [0.29, 0.717) is 21.5 Å². The lowest BCUT2D eigenvalue weighted by molar-refractivity contribution is -0.112. The van der Waals surface area contributed by atoms with E-state index in [-0.39, 0.29) is 0 Å². The van der Waals surface area contributed by atoms with E-state index in [1.165, 1.54) is 7.11 Å². The van der Waals surface area contributed by atoms with Crippen LogP contribution in [0.15, 0.2) is 10.5 Å². The van der Waals surface area contributed by atoms with E-state index < -0.39 is 11.7 Å². The summed E-state index contributed by atoms with van der Waals surface area (Å²) < 4.78 is 5.62. The van der Waals surface area contributed by atoms with Crippen molar-refractivity contribution in [2.45, 2.75) is 6.92 Å². The van der Waals surface area contributed by atoms with Gasteiger partial charge in [-0.15, -0.1) is 0 Å². The molecule has 2 rings (SSSR count). The standard InChI is InChI=1S/C10H8BrNO3/c1-4-3-5(15-2)7(11)6-8(4)12-10(14)9(6)13/h3H,1-2H3,(H,12,13,14). The molecule has 0 aliphatic carbocycles. The van der Waals surface area contributed by atoms with Gasteiger partial charge in [0.2, 0.25) is 0 Å². The van der Waals surface area contributed by atoms with Crippen molar-refractivity contribution in [3.8, 4) is 5.75 Å². The smallest absolute Gasteiger partial charge is 0.296 e. The van der Waals surface area contributed by atoms with Crippen LogP contribution in [-0.2, 0) is 4.79 Å². The van der Waals surface area contributed by atoms with Gasteiger partial charge in [-0.05, 0) is 34.5 Å². The summed E-state index contributed by atoms with van der Waals surface area (Å²) in [5.41, 5.74) is 1.73. The second-order valence-electron chi connectivity index (χ2n) is 3.24. The maximum atomic E-state index is 11.5. The fraction of sp³-hybridized carbons (Fsp3) is 0.200. The topological polar surface area (TPSA) is 55.4 Å². The van der Waals surface area contributed by atoms with Crippen LogP contribution in [0.5, 0.6) is 5.75 Å². The summed E-state index contributed by atoms with van der Waals surface area (Å²) >= 11 is 3.26. The van der Waals surface area contributed by atoms with E-state index in [9.17, 15) is 9.59 Å². The number of rotatable bonds is 1. The number of Topliss-reactive ketones (excluding diaryl/α,β-unsaturated/α-hetero) is 1. The fourth-order valence-electron chi connectivity index (χ4n) is 1.57. The van der Waals surface area contributed by atoms with Gasteiger partial charge in [0.15, 0.2) is 0 Å². The molecular weight excluding hydrogens is 262 g/mol. The Hall–Kier alpha value is -1.36. The van der Waals surface area contributed by atoms with E-state index in [2.05, 4.69) is 21.2 Å². The molecule has 0 aromatic heterocycles. The Morgan fingerprint density at radius 1 is 1.40 bits per heavy atom. The van der Waals surface area contributed by atoms with Crippen LogP contribution >= 0.6 is 15.9 Å². The molecule has 1 aliphatic rings. The first-order chi connectivity index (χ1) is 7.06. The maximum absolute atomic E-state index is 11.5. The zero-order valence-corrected chi connectivity index (χ0v) is 9.77. The lowest BCUT2D eigenvalue weighted by Crippen LogP contribution is -2.12. The third-order valence-electron chi connectivity index (χ3n) is 2.32. The first-order valence-corrected chi connectivity index (χ1v) is 5.08. The molecule has 78 valence electrons. The zero-order valence-electron chi connectivity index (χ0n) is 8.18. The Labute approximate surface area is 94.7 Å². The molecular formula is C10H8BrNO3. The summed E-state index contributed by atoms with van der Waals surface area (Å²) in [5.74, 6) is -0.572. The largest absolute Gasteiger partial charge is 0.496 e. The van der Waals surface area contributed by atoms with Crippen LogP contribution in [0.3, 0.4) is 0 Å². The molecule has 0 atom stereocenters. The lowest BCUT2D eigenvalue weighted by atomic mass is 10.1. The average Bonchev–Trinajstić information content (AvgIpc) is 2.50. The molecule has 0 bridgehead atoms. The van der Waals surface area contributed by atoms with Crippen molar-refractivity contribution >= 4 is 33.3 Å². The highest BCUT2D eigenvalue weighted by Gasteiger charge is 2.33. The molecule has 0 saturated heterocycles. The van der Waals surface area contributed by atoms with E-state index in [1.807, 2.05) is 6.92 Å². The van der Waals surface area contributed by atoms with Crippen molar-refractivity contribution in [2.24, 2.45) is 0 Å². The molecule has 0 saturated carbocycles. The van der Waals surface area contributed by atoms with Gasteiger partial charge in [0.25, 0.3) is 11.7 Å². The van der Waals surface area contributed by atoms with Gasteiger partial charge >= 0.3 is 0 Å². The number of carbonyl (C=O) groups is 2. The minimum Gasteiger partial charge on any atom is -0.496 e. The van der Waals surface area contributed by atoms with Crippen LogP contribution in [0.1, 0.15) is 15.9 Å². The van der Waals surface area contributed by atoms with Crippen LogP contribution in [0, 0.1) is 6.92 Å². The summed E-state index contributed by atoms with van der Waals surface area (Å²) in [5, 5.41) is 2.53. The predicted octanol–water partition coefficient (Wildman–Crippen LogP) is 1.90. The maximum Gasteiger partial charge on any atom is 0.296 e. The van der Waals surface area contributed by atoms with Crippen LogP contribution in [0.2, 0.25) is 0 Å². The van der Waals surface area contributed by atoms with Gasteiger partial charge in [-0.2, -0.15) is 0 Å². The SMILES string of the molecule is COc1cc(C)c2c(c1Br)C(=O)C(=O)N2. The third kappa shape index (κ3) is 1.34. The first-order valence-electron chi connectivity index (χ1n) is 4.29. The first kappa shape index (κ1) is 10.2. The summed E-state index contributed by atoms with van der Waals surface area (Å²) in [6.45, 7) is 1.81. The number of hydrogen-bond donors (Lipinski definition) is 1. The minimum atomic E-state index is -0.595. The highest BCUT2D eigenvalue weighted by atomic mass is 79.9. The normalized spacial score (nSPS) is 13.8. The van der Waals surface area contributed by atoms with Gasteiger partial charge in [-0.3, -0.25) is 9.59 Å². The highest BCUT2D eigenvalue weighted by Crippen LogP contribution is 2.39. The average molecular weight is 270 g/mol. The number of hydrogen-bond acceptors (Lipinski definition) is 3. The number of ether oxygens (including phenoxy) is 1. The summed E-state index contributed by atoms with van der Waals surface area (Å²) in [6, 6.07) is 1.77. The third-order valence-corrected chi connectivity index (χ3v) is 3.11. The van der Waals surface area contributed by atoms with Gasteiger partial charge in [-0.1, -0.05) is 0 Å². The van der Waals surface area contributed by atoms with Gasteiger partial charge < -0.3 is 10.1 Å². The Morgan fingerprint density at radius 2 is 2.07 bits per heavy atom. The molecule has 0 unspecified atom stereocenters. The van der Waals surface area contributed by atoms with E-state index in [4.69, 9.17) is 4.74 Å². The summed E-state index contributed by atoms with van der Waals surface area (Å²) in [4.78, 5) is 22.8. The molecule has 0 radical (unpaired) electrons. The molecule has 0 fully saturated rings. The van der Waals surface area contributed by atoms with Gasteiger partial charge in [0, 0.05) is 0 Å². The molecule has 1 N–H and O–H groups in total. The fourth-order valence-corrected chi connectivity index (χ4v) is 2.22. The molecule has 4 nitrogen and oxygen atoms in total. The molecule has 1 aromatic carbocycles. The van der Waals surface area contributed by atoms with Crippen molar-refractivity contribution in [2.75, 3.05) is 12.4 Å². The number of nitrogens with one attached hydrogen (secondary N) is 1. The molecule has 1 amide bonds. The van der Waals surface area contributed by atoms with E-state index in [1.54, 1.807) is 6.07 Å². The number of fused-ring (bicyclic) bond motifs is 1. The molecule has 0 spiro atoms. The molecule has 1 aromatic rings. The van der Waals surface area contributed by atoms with Gasteiger partial charge in [-0.25, -0.2) is 0 Å². The number of benzene rings is 1. The van der Waals surface area contributed by atoms with Crippen LogP contribution < -0.4 is 10.1 Å². The Kier molecular flexibility index (Phi) is 2.26. The van der Waals surface area contributed by atoms with Crippen LogP contribution in [0.25, 0.3) is 0 Å². The van der Waals surface area contributed by atoms with E-state index >= 15 is 0 Å². The number of halogens is 1. The Balaban J connectivity index is 2.75. The molecule has 1 aliphatic heterocycles. The van der Waals surface area contributed by atoms with Gasteiger partial charge in [0.05, 0.1) is 22.8 Å². The summed E-state index contributed by atoms with van der Waals surface area (Å²) in [7, 11) is 1.51. The number of amides is 1. The molecule has 5 heteroatoms. The second kappa shape index (κ2) is 3.34. The number of methoxy groups -OCH3 is 1. The number of carbonyl (C=O) groups excluding carboxylic acids is 2. The Bertz CT molecular complexity index is 482. The predicted molar refractivity (Wildman–Crippen MR) is 58.4 cm³/mol. The zero-order chi connectivity index (χ0) is 11.2. The van der Waals surface area contributed by atoms with Crippen molar-refractivity contribution in [3.63, 3.8) is 0 Å². The van der Waals surface area contributed by atoms with Gasteiger partial charge in [0.1, 0.15) is 5.75 Å². The number of ketones is 1. The van der Waals surface area contributed by atoms with Crippen molar-refractivity contribution in [1.29, 1.82) is 0 Å². The van der Waals surface area contributed by atoms with Crippen molar-refractivity contribution in [3.05, 3.63) is 21.7 Å². The molecule has 15 heavy (non-hydrogen) atoms. The lowest BCUT2D eigenvalue weighted by Gasteiger charge is -2.09. The highest BCUT2D eigenvalue weighted by molar-refractivity contribution is 9.10. The number of aryl methyl sites for hydroxylation is 1. The van der Waals surface area contributed by atoms with E-state index in [0.717, 1.165) is 5.56 Å². The van der Waals surface area contributed by atoms with Crippen molar-refractivity contribution < 1.29 is 14.3 Å². The number of anilines is 1.